The van der Waals surface area contributed by atoms with Gasteiger partial charge in [-0.15, -0.1) is 23.1 Å². The Morgan fingerprint density at radius 2 is 1.95 bits per heavy atom. The Bertz CT molecular complexity index is 578. The van der Waals surface area contributed by atoms with Crippen molar-refractivity contribution in [2.75, 3.05) is 12.3 Å². The van der Waals surface area contributed by atoms with Crippen LogP contribution in [-0.4, -0.2) is 18.2 Å². The van der Waals surface area contributed by atoms with E-state index in [2.05, 4.69) is 48.8 Å². The monoisotopic (exact) mass is 333 g/mol. The molecule has 0 saturated carbocycles. The van der Waals surface area contributed by atoms with Gasteiger partial charge in [-0.2, -0.15) is 0 Å². The van der Waals surface area contributed by atoms with Crippen LogP contribution in [0.1, 0.15) is 25.6 Å². The van der Waals surface area contributed by atoms with Crippen LogP contribution in [0.3, 0.4) is 0 Å². The van der Waals surface area contributed by atoms with Crippen molar-refractivity contribution in [3.05, 3.63) is 52.7 Å². The molecule has 1 aromatic heterocycles. The van der Waals surface area contributed by atoms with Crippen LogP contribution in [0.2, 0.25) is 0 Å². The standard InChI is InChI=1S/C18H23NOS2/c1-14(12-22-15-8-5-4-6-9-15)17(20)19-13-18(2,3)16-10-7-11-21-16/h4-11,14H,12-13H2,1-3H3,(H,19,20). The summed E-state index contributed by atoms with van der Waals surface area (Å²) in [5.74, 6) is 0.937. The first kappa shape index (κ1) is 17.1. The van der Waals surface area contributed by atoms with Gasteiger partial charge in [0, 0.05) is 33.4 Å². The predicted molar refractivity (Wildman–Crippen MR) is 96.7 cm³/mol. The van der Waals surface area contributed by atoms with E-state index in [9.17, 15) is 4.79 Å². The van der Waals surface area contributed by atoms with E-state index in [4.69, 9.17) is 0 Å². The summed E-state index contributed by atoms with van der Waals surface area (Å²) in [6.45, 7) is 7.00. The second-order valence-electron chi connectivity index (χ2n) is 6.10. The lowest BCUT2D eigenvalue weighted by Crippen LogP contribution is -2.39. The maximum absolute atomic E-state index is 12.3. The molecule has 4 heteroatoms. The number of hydrogen-bond acceptors (Lipinski definition) is 3. The Labute approximate surface area is 141 Å². The molecule has 0 saturated heterocycles. The number of benzene rings is 1. The van der Waals surface area contributed by atoms with Gasteiger partial charge >= 0.3 is 0 Å². The first-order chi connectivity index (χ1) is 10.5. The Morgan fingerprint density at radius 1 is 1.23 bits per heavy atom. The number of thiophene rings is 1. The van der Waals surface area contributed by atoms with Gasteiger partial charge in [0.2, 0.25) is 5.91 Å². The zero-order valence-corrected chi connectivity index (χ0v) is 15.0. The molecule has 118 valence electrons. The fraction of sp³-hybridized carbons (Fsp3) is 0.389. The zero-order valence-electron chi connectivity index (χ0n) is 13.3. The molecule has 22 heavy (non-hydrogen) atoms. The molecule has 1 unspecified atom stereocenters. The van der Waals surface area contributed by atoms with Crippen molar-refractivity contribution < 1.29 is 4.79 Å². The van der Waals surface area contributed by atoms with Gasteiger partial charge in [0.05, 0.1) is 0 Å². The third-order valence-corrected chi connectivity index (χ3v) is 6.09. The molecule has 0 bridgehead atoms. The normalized spacial score (nSPS) is 12.9. The maximum Gasteiger partial charge on any atom is 0.223 e. The molecule has 1 heterocycles. The molecule has 0 aliphatic carbocycles. The van der Waals surface area contributed by atoms with Crippen molar-refractivity contribution in [3.8, 4) is 0 Å². The molecule has 2 rings (SSSR count). The predicted octanol–water partition coefficient (Wildman–Crippen LogP) is 4.57. The van der Waals surface area contributed by atoms with E-state index in [1.807, 2.05) is 25.1 Å². The molecule has 0 fully saturated rings. The van der Waals surface area contributed by atoms with E-state index < -0.39 is 0 Å². The van der Waals surface area contributed by atoms with Crippen molar-refractivity contribution in [3.63, 3.8) is 0 Å². The molecular formula is C18H23NOS2. The van der Waals surface area contributed by atoms with E-state index in [0.29, 0.717) is 6.54 Å². The maximum atomic E-state index is 12.3. The Hall–Kier alpha value is -1.26. The van der Waals surface area contributed by atoms with Gasteiger partial charge in [-0.05, 0) is 23.6 Å². The average Bonchev–Trinajstić information content (AvgIpc) is 3.06. The molecule has 0 spiro atoms. The van der Waals surface area contributed by atoms with Crippen molar-refractivity contribution >= 4 is 29.0 Å². The number of thioether (sulfide) groups is 1. The van der Waals surface area contributed by atoms with Crippen LogP contribution in [0.5, 0.6) is 0 Å². The van der Waals surface area contributed by atoms with E-state index in [0.717, 1.165) is 5.75 Å². The molecule has 1 amide bonds. The molecule has 0 aliphatic rings. The van der Waals surface area contributed by atoms with Crippen molar-refractivity contribution in [2.45, 2.75) is 31.1 Å². The minimum atomic E-state index is -0.0177. The smallest absolute Gasteiger partial charge is 0.223 e. The van der Waals surface area contributed by atoms with Crippen LogP contribution < -0.4 is 5.32 Å². The van der Waals surface area contributed by atoms with Crippen molar-refractivity contribution in [1.82, 2.24) is 5.32 Å². The zero-order chi connectivity index (χ0) is 16.0. The van der Waals surface area contributed by atoms with Crippen LogP contribution in [0.15, 0.2) is 52.7 Å². The SMILES string of the molecule is CC(CSc1ccccc1)C(=O)NCC(C)(C)c1cccs1. The quantitative estimate of drug-likeness (QED) is 0.752. The number of nitrogens with one attached hydrogen (secondary N) is 1. The first-order valence-electron chi connectivity index (χ1n) is 7.48. The van der Waals surface area contributed by atoms with Gasteiger partial charge in [-0.1, -0.05) is 45.0 Å². The summed E-state index contributed by atoms with van der Waals surface area (Å²) in [5.41, 5.74) is -0.0177. The summed E-state index contributed by atoms with van der Waals surface area (Å²) in [6.07, 6.45) is 0. The number of carbonyl (C=O) groups is 1. The Balaban J connectivity index is 1.79. The highest BCUT2D eigenvalue weighted by Gasteiger charge is 2.23. The molecule has 0 radical (unpaired) electrons. The number of amides is 1. The van der Waals surface area contributed by atoms with E-state index in [-0.39, 0.29) is 17.2 Å². The molecule has 2 aromatic rings. The van der Waals surface area contributed by atoms with Gasteiger partial charge in [-0.3, -0.25) is 4.79 Å². The van der Waals surface area contributed by atoms with Gasteiger partial charge in [-0.25, -0.2) is 0 Å². The minimum Gasteiger partial charge on any atom is -0.355 e. The summed E-state index contributed by atoms with van der Waals surface area (Å²) in [6, 6.07) is 14.4. The molecular weight excluding hydrogens is 310 g/mol. The van der Waals surface area contributed by atoms with E-state index >= 15 is 0 Å². The van der Waals surface area contributed by atoms with E-state index in [1.54, 1.807) is 23.1 Å². The minimum absolute atomic E-state index is 0.00402. The number of rotatable bonds is 7. The largest absolute Gasteiger partial charge is 0.355 e. The summed E-state index contributed by atoms with van der Waals surface area (Å²) in [7, 11) is 0. The van der Waals surface area contributed by atoms with Gasteiger partial charge < -0.3 is 5.32 Å². The van der Waals surface area contributed by atoms with Crippen LogP contribution in [-0.2, 0) is 10.2 Å². The summed E-state index contributed by atoms with van der Waals surface area (Å²) in [5, 5.41) is 5.18. The van der Waals surface area contributed by atoms with Gasteiger partial charge in [0.15, 0.2) is 0 Å². The fourth-order valence-electron chi connectivity index (χ4n) is 2.05. The molecule has 2 nitrogen and oxygen atoms in total. The van der Waals surface area contributed by atoms with Crippen LogP contribution in [0.25, 0.3) is 0 Å². The Morgan fingerprint density at radius 3 is 2.59 bits per heavy atom. The lowest BCUT2D eigenvalue weighted by Gasteiger charge is -2.24. The lowest BCUT2D eigenvalue weighted by molar-refractivity contribution is -0.124. The van der Waals surface area contributed by atoms with Crippen molar-refractivity contribution in [1.29, 1.82) is 0 Å². The summed E-state index contributed by atoms with van der Waals surface area (Å²) < 4.78 is 0. The second kappa shape index (κ2) is 7.84. The summed E-state index contributed by atoms with van der Waals surface area (Å²) in [4.78, 5) is 14.8. The van der Waals surface area contributed by atoms with Crippen LogP contribution in [0, 0.1) is 5.92 Å². The lowest BCUT2D eigenvalue weighted by atomic mass is 9.91. The Kier molecular flexibility index (Phi) is 6.09. The van der Waals surface area contributed by atoms with Crippen molar-refractivity contribution in [2.24, 2.45) is 5.92 Å². The molecule has 1 N–H and O–H groups in total. The second-order valence-corrected chi connectivity index (χ2v) is 8.15. The third kappa shape index (κ3) is 4.89. The fourth-order valence-corrected chi connectivity index (χ4v) is 3.84. The van der Waals surface area contributed by atoms with Crippen LogP contribution in [0.4, 0.5) is 0 Å². The highest BCUT2D eigenvalue weighted by Crippen LogP contribution is 2.27. The number of hydrogen-bond donors (Lipinski definition) is 1. The van der Waals surface area contributed by atoms with Gasteiger partial charge in [0.25, 0.3) is 0 Å². The van der Waals surface area contributed by atoms with Crippen LogP contribution >= 0.6 is 23.1 Å². The van der Waals surface area contributed by atoms with E-state index in [1.165, 1.54) is 9.77 Å². The number of carbonyl (C=O) groups excluding carboxylic acids is 1. The first-order valence-corrected chi connectivity index (χ1v) is 9.35. The molecule has 1 atom stereocenters. The van der Waals surface area contributed by atoms with Gasteiger partial charge in [0.1, 0.15) is 0 Å². The average molecular weight is 334 g/mol. The molecule has 1 aromatic carbocycles. The summed E-state index contributed by atoms with van der Waals surface area (Å²) >= 11 is 3.47. The highest BCUT2D eigenvalue weighted by molar-refractivity contribution is 7.99. The third-order valence-electron chi connectivity index (χ3n) is 3.58. The highest BCUT2D eigenvalue weighted by atomic mass is 32.2. The topological polar surface area (TPSA) is 29.1 Å². The molecule has 0 aliphatic heterocycles.